The van der Waals surface area contributed by atoms with Gasteiger partial charge in [0.05, 0.1) is 13.2 Å². The SMILES string of the molecule is CCCCCCCCC(=O)O[C@@H](COCc1ccccc1)[C@@H]1C/C(=C/CC(C(C)C)C(C)C)C(=O)O1. The molecule has 2 atom stereocenters. The number of benzene rings is 1. The zero-order valence-corrected chi connectivity index (χ0v) is 23.2. The molecule has 0 radical (unpaired) electrons. The highest BCUT2D eigenvalue weighted by Gasteiger charge is 2.37. The topological polar surface area (TPSA) is 61.8 Å². The molecule has 0 spiro atoms. The standard InChI is InChI=1S/C31H48O5/c1-6-7-8-9-10-14-17-30(32)35-29(22-34-21-25-15-12-11-13-16-25)28-20-26(31(33)36-28)18-19-27(23(2)3)24(4)5/h11-13,15-16,18,23-24,27-29H,6-10,14,17,19-22H2,1-5H3/b26-18-/t28-,29-/m0/s1. The van der Waals surface area contributed by atoms with Crippen molar-refractivity contribution in [3.63, 3.8) is 0 Å². The fourth-order valence-electron chi connectivity index (χ4n) is 4.88. The summed E-state index contributed by atoms with van der Waals surface area (Å²) in [7, 11) is 0. The van der Waals surface area contributed by atoms with Gasteiger partial charge in [0.1, 0.15) is 6.10 Å². The minimum absolute atomic E-state index is 0.197. The Bertz CT molecular complexity index is 790. The Balaban J connectivity index is 1.97. The van der Waals surface area contributed by atoms with Crippen LogP contribution >= 0.6 is 0 Å². The van der Waals surface area contributed by atoms with Crippen LogP contribution in [0.2, 0.25) is 0 Å². The third kappa shape index (κ3) is 10.9. The van der Waals surface area contributed by atoms with Crippen molar-refractivity contribution in [3.05, 3.63) is 47.5 Å². The molecule has 1 aromatic rings. The van der Waals surface area contributed by atoms with Crippen LogP contribution in [0.5, 0.6) is 0 Å². The summed E-state index contributed by atoms with van der Waals surface area (Å²) in [4.78, 5) is 25.3. The van der Waals surface area contributed by atoms with Gasteiger partial charge in [-0.15, -0.1) is 0 Å². The van der Waals surface area contributed by atoms with Gasteiger partial charge >= 0.3 is 11.9 Å². The first-order valence-corrected chi connectivity index (χ1v) is 14.0. The van der Waals surface area contributed by atoms with Crippen molar-refractivity contribution in [3.8, 4) is 0 Å². The molecule has 2 rings (SSSR count). The molecule has 0 unspecified atom stereocenters. The average Bonchev–Trinajstić information content (AvgIpc) is 3.21. The third-order valence-electron chi connectivity index (χ3n) is 7.12. The number of esters is 2. The lowest BCUT2D eigenvalue weighted by Gasteiger charge is -2.23. The first-order chi connectivity index (χ1) is 17.3. The van der Waals surface area contributed by atoms with E-state index in [1.165, 1.54) is 19.3 Å². The number of cyclic esters (lactones) is 1. The van der Waals surface area contributed by atoms with Crippen LogP contribution in [0.4, 0.5) is 0 Å². The molecule has 5 nitrogen and oxygen atoms in total. The Morgan fingerprint density at radius 2 is 1.69 bits per heavy atom. The van der Waals surface area contributed by atoms with Crippen LogP contribution in [-0.4, -0.2) is 30.8 Å². The zero-order valence-electron chi connectivity index (χ0n) is 23.2. The minimum atomic E-state index is -0.609. The number of hydrogen-bond donors (Lipinski definition) is 0. The van der Waals surface area contributed by atoms with Crippen molar-refractivity contribution in [1.29, 1.82) is 0 Å². The van der Waals surface area contributed by atoms with Crippen LogP contribution in [0.1, 0.15) is 98.0 Å². The Hall–Kier alpha value is -2.14. The smallest absolute Gasteiger partial charge is 0.334 e. The van der Waals surface area contributed by atoms with E-state index in [0.29, 0.717) is 42.8 Å². The summed E-state index contributed by atoms with van der Waals surface area (Å²) in [6.07, 6.45) is 9.25. The average molecular weight is 501 g/mol. The lowest BCUT2D eigenvalue weighted by molar-refractivity contribution is -0.166. The van der Waals surface area contributed by atoms with E-state index in [2.05, 4.69) is 34.6 Å². The largest absolute Gasteiger partial charge is 0.456 e. The summed E-state index contributed by atoms with van der Waals surface area (Å²) in [5, 5.41) is 0. The maximum atomic E-state index is 12.6. The van der Waals surface area contributed by atoms with Gasteiger partial charge < -0.3 is 14.2 Å². The van der Waals surface area contributed by atoms with E-state index >= 15 is 0 Å². The third-order valence-corrected chi connectivity index (χ3v) is 7.12. The molecule has 1 aromatic carbocycles. The lowest BCUT2D eigenvalue weighted by Crippen LogP contribution is -2.35. The van der Waals surface area contributed by atoms with E-state index in [-0.39, 0.29) is 18.5 Å². The molecular weight excluding hydrogens is 452 g/mol. The fraction of sp³-hybridized carbons (Fsp3) is 0.677. The maximum Gasteiger partial charge on any atom is 0.334 e. The van der Waals surface area contributed by atoms with Gasteiger partial charge in [-0.2, -0.15) is 0 Å². The predicted octanol–water partition coefficient (Wildman–Crippen LogP) is 7.43. The summed E-state index contributed by atoms with van der Waals surface area (Å²) in [6, 6.07) is 9.89. The van der Waals surface area contributed by atoms with Gasteiger partial charge in [0, 0.05) is 18.4 Å². The number of hydrogen-bond acceptors (Lipinski definition) is 5. The number of rotatable bonds is 17. The molecule has 1 saturated heterocycles. The second kappa shape index (κ2) is 16.6. The van der Waals surface area contributed by atoms with E-state index in [9.17, 15) is 9.59 Å². The minimum Gasteiger partial charge on any atom is -0.456 e. The Kier molecular flexibility index (Phi) is 13.9. The van der Waals surface area contributed by atoms with Crippen LogP contribution in [-0.2, 0) is 30.4 Å². The van der Waals surface area contributed by atoms with Crippen LogP contribution in [0.3, 0.4) is 0 Å². The molecule has 0 aliphatic carbocycles. The van der Waals surface area contributed by atoms with Gasteiger partial charge in [0.25, 0.3) is 0 Å². The molecular formula is C31H48O5. The molecule has 36 heavy (non-hydrogen) atoms. The molecule has 1 fully saturated rings. The number of ether oxygens (including phenoxy) is 3. The molecule has 0 amide bonds. The van der Waals surface area contributed by atoms with Gasteiger partial charge in [-0.05, 0) is 36.2 Å². The Morgan fingerprint density at radius 1 is 1.03 bits per heavy atom. The van der Waals surface area contributed by atoms with E-state index in [1.807, 2.05) is 36.4 Å². The van der Waals surface area contributed by atoms with E-state index in [0.717, 1.165) is 31.2 Å². The van der Waals surface area contributed by atoms with Crippen LogP contribution < -0.4 is 0 Å². The monoisotopic (exact) mass is 500 g/mol. The number of allylic oxidation sites excluding steroid dienone is 1. The van der Waals surface area contributed by atoms with Gasteiger partial charge in [0.2, 0.25) is 0 Å². The normalized spacial score (nSPS) is 17.8. The molecule has 1 heterocycles. The highest BCUT2D eigenvalue weighted by atomic mass is 16.6. The second-order valence-corrected chi connectivity index (χ2v) is 10.8. The van der Waals surface area contributed by atoms with Gasteiger partial charge in [-0.1, -0.05) is 103 Å². The summed E-state index contributed by atoms with van der Waals surface area (Å²) in [6.45, 7) is 11.7. The van der Waals surface area contributed by atoms with Crippen LogP contribution in [0, 0.1) is 17.8 Å². The molecule has 0 saturated carbocycles. The first-order valence-electron chi connectivity index (χ1n) is 14.0. The number of carbonyl (C=O) groups excluding carboxylic acids is 2. The number of carbonyl (C=O) groups is 2. The van der Waals surface area contributed by atoms with E-state index in [4.69, 9.17) is 14.2 Å². The van der Waals surface area contributed by atoms with Gasteiger partial charge in [0.15, 0.2) is 6.10 Å². The quantitative estimate of drug-likeness (QED) is 0.126. The van der Waals surface area contributed by atoms with Crippen molar-refractivity contribution < 1.29 is 23.8 Å². The van der Waals surface area contributed by atoms with Gasteiger partial charge in [-0.3, -0.25) is 4.79 Å². The summed E-state index contributed by atoms with van der Waals surface area (Å²) < 4.78 is 17.4. The van der Waals surface area contributed by atoms with Crippen molar-refractivity contribution in [2.75, 3.05) is 6.61 Å². The highest BCUT2D eigenvalue weighted by Crippen LogP contribution is 2.29. The summed E-state index contributed by atoms with van der Waals surface area (Å²) in [5.41, 5.74) is 1.73. The van der Waals surface area contributed by atoms with Crippen molar-refractivity contribution in [1.82, 2.24) is 0 Å². The van der Waals surface area contributed by atoms with Crippen LogP contribution in [0.15, 0.2) is 42.0 Å². The molecule has 0 N–H and O–H groups in total. The van der Waals surface area contributed by atoms with Crippen molar-refractivity contribution >= 4 is 11.9 Å². The van der Waals surface area contributed by atoms with E-state index in [1.54, 1.807) is 0 Å². The number of unbranched alkanes of at least 4 members (excludes halogenated alkanes) is 5. The molecule has 202 valence electrons. The molecule has 0 bridgehead atoms. The molecule has 1 aliphatic rings. The Labute approximate surface area is 219 Å². The summed E-state index contributed by atoms with van der Waals surface area (Å²) >= 11 is 0. The lowest BCUT2D eigenvalue weighted by atomic mass is 9.82. The first kappa shape index (κ1) is 30.1. The highest BCUT2D eigenvalue weighted by molar-refractivity contribution is 5.90. The van der Waals surface area contributed by atoms with Crippen molar-refractivity contribution in [2.24, 2.45) is 17.8 Å². The molecule has 5 heteroatoms. The van der Waals surface area contributed by atoms with E-state index < -0.39 is 12.2 Å². The summed E-state index contributed by atoms with van der Waals surface area (Å²) in [5.74, 6) is 1.04. The van der Waals surface area contributed by atoms with Crippen LogP contribution in [0.25, 0.3) is 0 Å². The predicted molar refractivity (Wildman–Crippen MR) is 144 cm³/mol. The Morgan fingerprint density at radius 3 is 2.36 bits per heavy atom. The zero-order chi connectivity index (χ0) is 26.3. The maximum absolute atomic E-state index is 12.6. The van der Waals surface area contributed by atoms with Gasteiger partial charge in [-0.25, -0.2) is 4.79 Å². The molecule has 1 aliphatic heterocycles. The second-order valence-electron chi connectivity index (χ2n) is 10.8. The fourth-order valence-corrected chi connectivity index (χ4v) is 4.88. The molecule has 0 aromatic heterocycles. The van der Waals surface area contributed by atoms with Crippen molar-refractivity contribution in [2.45, 2.75) is 111 Å².